The van der Waals surface area contributed by atoms with Crippen molar-refractivity contribution >= 4 is 22.7 Å². The van der Waals surface area contributed by atoms with Crippen molar-refractivity contribution in [2.45, 2.75) is 18.5 Å². The Morgan fingerprint density at radius 2 is 0.536 bits per heavy atom. The van der Waals surface area contributed by atoms with Gasteiger partial charge in [-0.15, -0.1) is 0 Å². The number of benzene rings is 6. The number of nitrogen functional groups attached to an aromatic ring is 4. The highest BCUT2D eigenvalue weighted by Crippen LogP contribution is 2.40. The van der Waals surface area contributed by atoms with Gasteiger partial charge in [0.1, 0.15) is 46.0 Å². The van der Waals surface area contributed by atoms with Gasteiger partial charge in [0.05, 0.1) is 16.7 Å². The minimum Gasteiger partial charge on any atom is -0.457 e. The van der Waals surface area contributed by atoms with Crippen LogP contribution >= 0.6 is 0 Å². The molecule has 6 aromatic rings. The first kappa shape index (κ1) is 40.3. The van der Waals surface area contributed by atoms with E-state index in [1.165, 1.54) is 54.6 Å². The van der Waals surface area contributed by atoms with Crippen LogP contribution in [0.3, 0.4) is 0 Å². The Labute approximate surface area is 312 Å². The number of alkyl halides is 9. The molecular formula is C39H29F9N4O4. The molecule has 0 atom stereocenters. The molecule has 0 bridgehead atoms. The number of hydrogen-bond acceptors (Lipinski definition) is 8. The SMILES string of the molecule is Nc1cc(Oc2cccc(Oc3cc(N)cc(C(F)(F)F)c3)c2)cc(C(F)(F)F)c1.Nc1cccc(Oc2cc(Oc3cccc(N)c3)cc(C(F)(F)F)c2)c1. The first-order valence-corrected chi connectivity index (χ1v) is 15.9. The molecule has 0 spiro atoms. The summed E-state index contributed by atoms with van der Waals surface area (Å²) in [7, 11) is 0. The fourth-order valence-electron chi connectivity index (χ4n) is 4.84. The molecule has 6 rings (SSSR count). The Bertz CT molecular complexity index is 2170. The minimum atomic E-state index is -4.61. The number of nitrogens with two attached hydrogens (primary N) is 4. The van der Waals surface area contributed by atoms with Gasteiger partial charge in [-0.1, -0.05) is 18.2 Å². The van der Waals surface area contributed by atoms with E-state index in [0.717, 1.165) is 36.4 Å². The van der Waals surface area contributed by atoms with Crippen LogP contribution in [0.1, 0.15) is 16.7 Å². The van der Waals surface area contributed by atoms with Gasteiger partial charge in [-0.05, 0) is 72.8 Å². The van der Waals surface area contributed by atoms with Gasteiger partial charge in [0.15, 0.2) is 0 Å². The van der Waals surface area contributed by atoms with Crippen LogP contribution in [-0.4, -0.2) is 0 Å². The van der Waals surface area contributed by atoms with E-state index in [1.807, 2.05) is 0 Å². The van der Waals surface area contributed by atoms with Crippen LogP contribution < -0.4 is 41.9 Å². The summed E-state index contributed by atoms with van der Waals surface area (Å²) in [5.41, 5.74) is 20.0. The molecule has 0 aliphatic heterocycles. The molecule has 0 saturated heterocycles. The highest BCUT2D eigenvalue weighted by atomic mass is 19.4. The van der Waals surface area contributed by atoms with Gasteiger partial charge in [0, 0.05) is 59.1 Å². The fourth-order valence-corrected chi connectivity index (χ4v) is 4.84. The van der Waals surface area contributed by atoms with Gasteiger partial charge in [-0.2, -0.15) is 39.5 Å². The van der Waals surface area contributed by atoms with Crippen molar-refractivity contribution in [1.82, 2.24) is 0 Å². The summed E-state index contributed by atoms with van der Waals surface area (Å²) < 4.78 is 139. The summed E-state index contributed by atoms with van der Waals surface area (Å²) in [6, 6.07) is 27.1. The Morgan fingerprint density at radius 1 is 0.286 bits per heavy atom. The number of ether oxygens (including phenoxy) is 4. The fraction of sp³-hybridized carbons (Fsp3) is 0.0769. The maximum atomic E-state index is 13.2. The highest BCUT2D eigenvalue weighted by molar-refractivity contribution is 5.53. The smallest absolute Gasteiger partial charge is 0.416 e. The van der Waals surface area contributed by atoms with Crippen molar-refractivity contribution in [3.63, 3.8) is 0 Å². The van der Waals surface area contributed by atoms with Gasteiger partial charge >= 0.3 is 18.5 Å². The Morgan fingerprint density at radius 3 is 0.857 bits per heavy atom. The largest absolute Gasteiger partial charge is 0.457 e. The number of hydrogen-bond donors (Lipinski definition) is 4. The van der Waals surface area contributed by atoms with Crippen LogP contribution in [0.2, 0.25) is 0 Å². The summed E-state index contributed by atoms with van der Waals surface area (Å²) >= 11 is 0. The van der Waals surface area contributed by atoms with E-state index in [2.05, 4.69) is 0 Å². The van der Waals surface area contributed by atoms with Crippen LogP contribution in [0, 0.1) is 0 Å². The molecule has 0 aliphatic carbocycles. The molecule has 292 valence electrons. The molecular weight excluding hydrogens is 759 g/mol. The lowest BCUT2D eigenvalue weighted by atomic mass is 10.2. The third kappa shape index (κ3) is 11.5. The molecule has 0 aromatic heterocycles. The van der Waals surface area contributed by atoms with Crippen LogP contribution in [-0.2, 0) is 18.5 Å². The first-order valence-electron chi connectivity index (χ1n) is 15.9. The van der Waals surface area contributed by atoms with Gasteiger partial charge in [0.2, 0.25) is 0 Å². The van der Waals surface area contributed by atoms with Gasteiger partial charge in [-0.25, -0.2) is 0 Å². The second-order valence-electron chi connectivity index (χ2n) is 11.8. The predicted molar refractivity (Wildman–Crippen MR) is 192 cm³/mol. The summed E-state index contributed by atoms with van der Waals surface area (Å²) in [4.78, 5) is 0. The average molecular weight is 789 g/mol. The second kappa shape index (κ2) is 16.2. The summed E-state index contributed by atoms with van der Waals surface area (Å²) in [5.74, 6) is 0.440. The van der Waals surface area contributed by atoms with E-state index < -0.39 is 35.2 Å². The molecule has 0 saturated carbocycles. The first-order chi connectivity index (χ1) is 26.2. The zero-order chi connectivity index (χ0) is 40.8. The Balaban J connectivity index is 0.000000216. The van der Waals surface area contributed by atoms with Crippen LogP contribution in [0.5, 0.6) is 46.0 Å². The number of halogens is 9. The molecule has 0 radical (unpaired) electrons. The second-order valence-corrected chi connectivity index (χ2v) is 11.8. The average Bonchev–Trinajstić information content (AvgIpc) is 3.07. The molecule has 0 unspecified atom stereocenters. The molecule has 6 aromatic carbocycles. The number of anilines is 4. The van der Waals surface area contributed by atoms with Crippen molar-refractivity contribution < 1.29 is 58.5 Å². The zero-order valence-corrected chi connectivity index (χ0v) is 28.5. The standard InChI is InChI=1S/C20H14F6N2O2.C19H15F3N2O2/c21-19(22,23)11-4-13(27)8-17(6-11)29-15-2-1-3-16(10-15)30-18-7-12(20(24,25)26)5-14(28)9-18;20-19(21,22)12-7-17(25-15-5-1-3-13(23)9-15)11-18(8-12)26-16-6-2-4-14(24)10-16/h1-10H,27-28H2;1-11H,23-24H2. The number of rotatable bonds is 8. The molecule has 0 aliphatic rings. The van der Waals surface area contributed by atoms with E-state index in [0.29, 0.717) is 22.9 Å². The molecule has 0 amide bonds. The maximum Gasteiger partial charge on any atom is 0.416 e. The van der Waals surface area contributed by atoms with E-state index in [4.69, 9.17) is 41.9 Å². The zero-order valence-electron chi connectivity index (χ0n) is 28.5. The molecule has 8 N–H and O–H groups in total. The monoisotopic (exact) mass is 788 g/mol. The van der Waals surface area contributed by atoms with Crippen LogP contribution in [0.15, 0.2) is 127 Å². The van der Waals surface area contributed by atoms with Crippen molar-refractivity contribution in [3.05, 3.63) is 144 Å². The summed E-state index contributed by atoms with van der Waals surface area (Å²) in [6.45, 7) is 0. The molecule has 56 heavy (non-hydrogen) atoms. The normalized spacial score (nSPS) is 11.6. The molecule has 0 heterocycles. The summed E-state index contributed by atoms with van der Waals surface area (Å²) in [5, 5.41) is 0. The summed E-state index contributed by atoms with van der Waals surface area (Å²) in [6.07, 6.45) is -13.8. The van der Waals surface area contributed by atoms with E-state index in [1.54, 1.807) is 36.4 Å². The lowest BCUT2D eigenvalue weighted by molar-refractivity contribution is -0.138. The van der Waals surface area contributed by atoms with E-state index in [9.17, 15) is 39.5 Å². The molecule has 17 heteroatoms. The third-order valence-electron chi connectivity index (χ3n) is 7.18. The van der Waals surface area contributed by atoms with Crippen molar-refractivity contribution in [2.75, 3.05) is 22.9 Å². The molecule has 0 fully saturated rings. The third-order valence-corrected chi connectivity index (χ3v) is 7.18. The minimum absolute atomic E-state index is 0.0238. The quantitative estimate of drug-likeness (QED) is 0.0882. The maximum absolute atomic E-state index is 13.2. The topological polar surface area (TPSA) is 141 Å². The highest BCUT2D eigenvalue weighted by Gasteiger charge is 2.33. The lowest BCUT2D eigenvalue weighted by Gasteiger charge is -2.14. The van der Waals surface area contributed by atoms with Gasteiger partial charge in [-0.3, -0.25) is 0 Å². The van der Waals surface area contributed by atoms with Crippen molar-refractivity contribution in [2.24, 2.45) is 0 Å². The van der Waals surface area contributed by atoms with Crippen molar-refractivity contribution in [1.29, 1.82) is 0 Å². The van der Waals surface area contributed by atoms with E-state index >= 15 is 0 Å². The molecule has 8 nitrogen and oxygen atoms in total. The van der Waals surface area contributed by atoms with Gasteiger partial charge in [0.25, 0.3) is 0 Å². The van der Waals surface area contributed by atoms with E-state index in [-0.39, 0.29) is 45.9 Å². The Kier molecular flexibility index (Phi) is 11.7. The lowest BCUT2D eigenvalue weighted by Crippen LogP contribution is -2.06. The predicted octanol–water partition coefficient (Wildman–Crippen LogP) is 11.9. The van der Waals surface area contributed by atoms with Crippen molar-refractivity contribution in [3.8, 4) is 46.0 Å². The Hall–Kier alpha value is -6.91. The van der Waals surface area contributed by atoms with Gasteiger partial charge < -0.3 is 41.9 Å². The van der Waals surface area contributed by atoms with Crippen LogP contribution in [0.4, 0.5) is 62.3 Å². The van der Waals surface area contributed by atoms with Crippen LogP contribution in [0.25, 0.3) is 0 Å².